The maximum absolute atomic E-state index is 13.5. The van der Waals surface area contributed by atoms with Crippen molar-refractivity contribution in [2.75, 3.05) is 20.8 Å². The minimum Gasteiger partial charge on any atom is -0.466 e. The molecule has 1 aromatic rings. The maximum Gasteiger partial charge on any atom is 0.416 e. The van der Waals surface area contributed by atoms with Crippen molar-refractivity contribution in [3.05, 3.63) is 58.2 Å². The van der Waals surface area contributed by atoms with E-state index in [1.54, 1.807) is 6.07 Å². The van der Waals surface area contributed by atoms with Crippen molar-refractivity contribution in [1.82, 2.24) is 0 Å². The van der Waals surface area contributed by atoms with Gasteiger partial charge in [0.1, 0.15) is 24.0 Å². The van der Waals surface area contributed by atoms with Crippen molar-refractivity contribution >= 4 is 5.97 Å². The van der Waals surface area contributed by atoms with Crippen molar-refractivity contribution in [2.24, 2.45) is 5.73 Å². The minimum absolute atomic E-state index is 0.113. The van der Waals surface area contributed by atoms with Crippen LogP contribution in [0.5, 0.6) is 0 Å². The molecular formula is C17H15F3N2O4. The number of benzene rings is 1. The molecule has 2 N–H and O–H groups in total. The molecule has 1 atom stereocenters. The largest absolute Gasteiger partial charge is 0.466 e. The summed E-state index contributed by atoms with van der Waals surface area (Å²) in [6.07, 6.45) is -4.70. The molecule has 1 unspecified atom stereocenters. The fraction of sp³-hybridized carbons (Fsp3) is 0.294. The van der Waals surface area contributed by atoms with Crippen LogP contribution in [-0.4, -0.2) is 26.8 Å². The monoisotopic (exact) mass is 368 g/mol. The Bertz CT molecular complexity index is 822. The molecule has 0 amide bonds. The molecule has 1 aromatic carbocycles. The molecule has 0 aromatic heterocycles. The zero-order valence-corrected chi connectivity index (χ0v) is 13.9. The molecule has 6 nitrogen and oxygen atoms in total. The highest BCUT2D eigenvalue weighted by Crippen LogP contribution is 2.44. The Morgan fingerprint density at radius 1 is 1.35 bits per heavy atom. The van der Waals surface area contributed by atoms with Crippen LogP contribution in [0.2, 0.25) is 0 Å². The minimum atomic E-state index is -4.70. The highest BCUT2D eigenvalue weighted by molar-refractivity contribution is 5.92. The first-order valence-corrected chi connectivity index (χ1v) is 7.30. The molecule has 2 rings (SSSR count). The molecule has 0 aliphatic carbocycles. The summed E-state index contributed by atoms with van der Waals surface area (Å²) in [5.41, 5.74) is 3.82. The number of ether oxygens (including phenoxy) is 3. The second-order valence-corrected chi connectivity index (χ2v) is 5.27. The van der Waals surface area contributed by atoms with E-state index in [0.29, 0.717) is 0 Å². The van der Waals surface area contributed by atoms with Gasteiger partial charge in [-0.1, -0.05) is 18.2 Å². The number of hydrogen-bond donors (Lipinski definition) is 1. The molecule has 138 valence electrons. The van der Waals surface area contributed by atoms with E-state index in [1.165, 1.54) is 25.3 Å². The van der Waals surface area contributed by atoms with Gasteiger partial charge in [0, 0.05) is 7.11 Å². The number of nitrogens with zero attached hydrogens (tertiary/aromatic N) is 1. The third-order valence-corrected chi connectivity index (χ3v) is 3.75. The Balaban J connectivity index is 2.81. The Kier molecular flexibility index (Phi) is 5.57. The summed E-state index contributed by atoms with van der Waals surface area (Å²) in [4.78, 5) is 12.3. The van der Waals surface area contributed by atoms with Crippen LogP contribution in [0.25, 0.3) is 0 Å². The molecule has 0 fully saturated rings. The maximum atomic E-state index is 13.5. The topological polar surface area (TPSA) is 94.6 Å². The van der Waals surface area contributed by atoms with Gasteiger partial charge in [-0.2, -0.15) is 18.4 Å². The quantitative estimate of drug-likeness (QED) is 0.821. The number of carbonyl (C=O) groups is 1. The van der Waals surface area contributed by atoms with Gasteiger partial charge in [-0.15, -0.1) is 0 Å². The number of carbonyl (C=O) groups excluding carboxylic acids is 1. The van der Waals surface area contributed by atoms with Gasteiger partial charge in [0.05, 0.1) is 24.2 Å². The lowest BCUT2D eigenvalue weighted by Crippen LogP contribution is -2.28. The highest BCUT2D eigenvalue weighted by atomic mass is 19.4. The van der Waals surface area contributed by atoms with Crippen LogP contribution < -0.4 is 5.73 Å². The second-order valence-electron chi connectivity index (χ2n) is 5.27. The smallest absolute Gasteiger partial charge is 0.416 e. The Morgan fingerprint density at radius 3 is 2.54 bits per heavy atom. The summed E-state index contributed by atoms with van der Waals surface area (Å²) >= 11 is 0. The van der Waals surface area contributed by atoms with E-state index in [4.69, 9.17) is 15.2 Å². The number of alkyl halides is 3. The number of hydrogen-bond acceptors (Lipinski definition) is 6. The zero-order chi connectivity index (χ0) is 19.5. The van der Waals surface area contributed by atoms with Crippen LogP contribution >= 0.6 is 0 Å². The molecule has 0 saturated heterocycles. The Hall–Kier alpha value is -2.99. The van der Waals surface area contributed by atoms with Crippen LogP contribution in [0.4, 0.5) is 13.2 Å². The van der Waals surface area contributed by atoms with Crippen molar-refractivity contribution in [3.8, 4) is 6.07 Å². The van der Waals surface area contributed by atoms with E-state index in [1.807, 2.05) is 0 Å². The van der Waals surface area contributed by atoms with Gasteiger partial charge in [-0.05, 0) is 11.6 Å². The Labute approximate surface area is 147 Å². The Morgan fingerprint density at radius 2 is 2.00 bits per heavy atom. The summed E-state index contributed by atoms with van der Waals surface area (Å²) in [5.74, 6) is -2.85. The predicted octanol–water partition coefficient (Wildman–Crippen LogP) is 2.59. The van der Waals surface area contributed by atoms with Crippen LogP contribution in [0.3, 0.4) is 0 Å². The number of allylic oxidation sites excluding steroid dienone is 1. The standard InChI is InChI=1S/C17H15F3N2O4/c1-24-8-12-14(16(23)25-2)13(10(7-21)15(22)26-12)9-5-3-4-6-11(9)17(18,19)20/h3-6,13H,8,22H2,1-2H3. The van der Waals surface area contributed by atoms with Gasteiger partial charge in [0.15, 0.2) is 0 Å². The lowest BCUT2D eigenvalue weighted by molar-refractivity contribution is -0.139. The van der Waals surface area contributed by atoms with Crippen LogP contribution in [-0.2, 0) is 25.2 Å². The van der Waals surface area contributed by atoms with Gasteiger partial charge in [0.25, 0.3) is 0 Å². The highest BCUT2D eigenvalue weighted by Gasteiger charge is 2.42. The van der Waals surface area contributed by atoms with Gasteiger partial charge < -0.3 is 19.9 Å². The van der Waals surface area contributed by atoms with E-state index in [0.717, 1.165) is 13.2 Å². The lowest BCUT2D eigenvalue weighted by atomic mass is 9.80. The second kappa shape index (κ2) is 7.49. The first-order chi connectivity index (χ1) is 12.3. The van der Waals surface area contributed by atoms with Crippen LogP contribution in [0, 0.1) is 11.3 Å². The number of halogens is 3. The molecule has 0 bridgehead atoms. The molecule has 26 heavy (non-hydrogen) atoms. The number of nitriles is 1. The van der Waals surface area contributed by atoms with E-state index < -0.39 is 29.5 Å². The van der Waals surface area contributed by atoms with Gasteiger partial charge >= 0.3 is 12.1 Å². The number of nitrogens with two attached hydrogens (primary N) is 1. The van der Waals surface area contributed by atoms with Crippen LogP contribution in [0.15, 0.2) is 47.1 Å². The molecule has 1 aliphatic heterocycles. The first kappa shape index (κ1) is 19.3. The van der Waals surface area contributed by atoms with E-state index >= 15 is 0 Å². The average Bonchev–Trinajstić information content (AvgIpc) is 2.60. The van der Waals surface area contributed by atoms with Crippen molar-refractivity contribution < 1.29 is 32.2 Å². The summed E-state index contributed by atoms with van der Waals surface area (Å²) in [5, 5.41) is 9.42. The lowest BCUT2D eigenvalue weighted by Gasteiger charge is -2.29. The van der Waals surface area contributed by atoms with Crippen molar-refractivity contribution in [3.63, 3.8) is 0 Å². The van der Waals surface area contributed by atoms with Gasteiger partial charge in [0.2, 0.25) is 5.88 Å². The van der Waals surface area contributed by atoms with Gasteiger partial charge in [-0.3, -0.25) is 0 Å². The molecule has 0 radical (unpaired) electrons. The molecular weight excluding hydrogens is 353 g/mol. The molecule has 1 aliphatic rings. The zero-order valence-electron chi connectivity index (χ0n) is 13.9. The van der Waals surface area contributed by atoms with E-state index in [2.05, 4.69) is 4.74 Å². The third-order valence-electron chi connectivity index (χ3n) is 3.75. The third kappa shape index (κ3) is 3.50. The van der Waals surface area contributed by atoms with Crippen molar-refractivity contribution in [1.29, 1.82) is 5.26 Å². The summed E-state index contributed by atoms with van der Waals surface area (Å²) in [7, 11) is 2.38. The number of methoxy groups -OCH3 is 2. The van der Waals surface area contributed by atoms with Crippen molar-refractivity contribution in [2.45, 2.75) is 12.1 Å². The normalized spacial score (nSPS) is 17.6. The number of rotatable bonds is 4. The fourth-order valence-corrected chi connectivity index (χ4v) is 2.71. The summed E-state index contributed by atoms with van der Waals surface area (Å²) in [6, 6.07) is 6.35. The number of esters is 1. The average molecular weight is 368 g/mol. The molecule has 0 spiro atoms. The predicted molar refractivity (Wildman–Crippen MR) is 83.0 cm³/mol. The molecule has 9 heteroatoms. The summed E-state index contributed by atoms with van der Waals surface area (Å²) < 4.78 is 55.3. The fourth-order valence-electron chi connectivity index (χ4n) is 2.71. The van der Waals surface area contributed by atoms with E-state index in [9.17, 15) is 23.2 Å². The molecule has 1 heterocycles. The first-order valence-electron chi connectivity index (χ1n) is 7.30. The SMILES string of the molecule is COCC1=C(C(=O)OC)C(c2ccccc2C(F)(F)F)C(C#N)=C(N)O1. The summed E-state index contributed by atoms with van der Waals surface area (Å²) in [6.45, 7) is -0.242. The molecule has 0 saturated carbocycles. The van der Waals surface area contributed by atoms with Gasteiger partial charge in [-0.25, -0.2) is 4.79 Å². The van der Waals surface area contributed by atoms with Crippen LogP contribution in [0.1, 0.15) is 17.0 Å². The van der Waals surface area contributed by atoms with E-state index in [-0.39, 0.29) is 29.1 Å².